The molecule has 1 aliphatic rings. The smallest absolute Gasteiger partial charge is 0.418 e. The second-order valence-electron chi connectivity index (χ2n) is 11.1. The van der Waals surface area contributed by atoms with E-state index in [9.17, 15) is 19.5 Å². The number of allylic oxidation sites excluding steroid dienone is 2. The van der Waals surface area contributed by atoms with Gasteiger partial charge in [-0.05, 0) is 62.2 Å². The average Bonchev–Trinajstić information content (AvgIpc) is 3.54. The van der Waals surface area contributed by atoms with Gasteiger partial charge in [0.2, 0.25) is 0 Å². The number of aliphatic carboxylic acids is 1. The largest absolute Gasteiger partial charge is 0.498 e. The molecule has 3 aromatic rings. The molecular formula is C34H39N3O9. The number of nitrogens with one attached hydrogen (secondary N) is 1. The summed E-state index contributed by atoms with van der Waals surface area (Å²) in [6.07, 6.45) is 3.18. The lowest BCUT2D eigenvalue weighted by Gasteiger charge is -2.26. The predicted octanol–water partition coefficient (Wildman–Crippen LogP) is 6.26. The summed E-state index contributed by atoms with van der Waals surface area (Å²) in [6.45, 7) is 4.82. The molecule has 1 heterocycles. The third kappa shape index (κ3) is 8.54. The van der Waals surface area contributed by atoms with Crippen LogP contribution in [0, 0.1) is 0 Å². The van der Waals surface area contributed by atoms with E-state index in [0.717, 1.165) is 16.0 Å². The molecule has 2 aromatic carbocycles. The first kappa shape index (κ1) is 33.8. The first-order chi connectivity index (χ1) is 22.0. The minimum atomic E-state index is -1.38. The molecule has 1 aliphatic carbocycles. The van der Waals surface area contributed by atoms with Crippen LogP contribution in [-0.4, -0.2) is 65.8 Å². The van der Waals surface area contributed by atoms with Crippen molar-refractivity contribution in [2.24, 2.45) is 0 Å². The number of benzene rings is 2. The first-order valence-electron chi connectivity index (χ1n) is 14.8. The fourth-order valence-electron chi connectivity index (χ4n) is 4.64. The van der Waals surface area contributed by atoms with Gasteiger partial charge in [0.05, 0.1) is 19.6 Å². The van der Waals surface area contributed by atoms with Gasteiger partial charge >= 0.3 is 18.1 Å². The van der Waals surface area contributed by atoms with Crippen LogP contribution in [-0.2, 0) is 25.5 Å². The van der Waals surface area contributed by atoms with Gasteiger partial charge in [-0.2, -0.15) is 0 Å². The fraction of sp³-hybridized carbons (Fsp3) is 0.353. The highest BCUT2D eigenvalue weighted by Gasteiger charge is 2.30. The number of carbonyl (C=O) groups is 3. The van der Waals surface area contributed by atoms with Crippen molar-refractivity contribution < 1.29 is 43.0 Å². The Balaban J connectivity index is 1.43. The summed E-state index contributed by atoms with van der Waals surface area (Å²) in [4.78, 5) is 39.1. The molecule has 1 aromatic heterocycles. The van der Waals surface area contributed by atoms with E-state index in [4.69, 9.17) is 23.5 Å². The number of methoxy groups -OCH3 is 2. The van der Waals surface area contributed by atoms with Gasteiger partial charge in [-0.3, -0.25) is 0 Å². The second kappa shape index (κ2) is 15.3. The highest BCUT2D eigenvalue weighted by molar-refractivity contribution is 5.91. The van der Waals surface area contributed by atoms with E-state index >= 15 is 0 Å². The van der Waals surface area contributed by atoms with Gasteiger partial charge < -0.3 is 33.9 Å². The third-order valence-electron chi connectivity index (χ3n) is 7.48. The van der Waals surface area contributed by atoms with Crippen LogP contribution in [0.1, 0.15) is 50.9 Å². The normalized spacial score (nSPS) is 15.2. The molecule has 12 nitrogen and oxygen atoms in total. The van der Waals surface area contributed by atoms with Crippen LogP contribution >= 0.6 is 0 Å². The van der Waals surface area contributed by atoms with Crippen molar-refractivity contribution in [2.75, 3.05) is 20.8 Å². The number of ether oxygens (including phenoxy) is 4. The van der Waals surface area contributed by atoms with Gasteiger partial charge in [0.15, 0.2) is 5.60 Å². The number of carboxylic acid groups (broad SMARTS) is 1. The van der Waals surface area contributed by atoms with Crippen LogP contribution in [0.25, 0.3) is 11.3 Å². The Morgan fingerprint density at radius 3 is 2.43 bits per heavy atom. The molecule has 0 aliphatic heterocycles. The zero-order chi connectivity index (χ0) is 33.3. The van der Waals surface area contributed by atoms with Crippen molar-refractivity contribution >= 4 is 18.1 Å². The Morgan fingerprint density at radius 1 is 1.09 bits per heavy atom. The number of imide groups is 1. The molecule has 12 heteroatoms. The van der Waals surface area contributed by atoms with Gasteiger partial charge in [0, 0.05) is 30.9 Å². The quantitative estimate of drug-likeness (QED) is 0.221. The molecule has 0 saturated carbocycles. The third-order valence-corrected chi connectivity index (χ3v) is 7.48. The summed E-state index contributed by atoms with van der Waals surface area (Å²) < 4.78 is 27.6. The SMILES string of the molecule is CCC(COC(=O)N(Cc1ccccc1)C(=O)NC1=CC=C(OC)C(OC)C1)c1cc(-c2ccc(OC(C)(C)C(=O)O)cc2)no1. The number of nitrogens with zero attached hydrogens (tertiary/aromatic N) is 2. The summed E-state index contributed by atoms with van der Waals surface area (Å²) in [6, 6.07) is 17.1. The second-order valence-corrected chi connectivity index (χ2v) is 11.1. The Labute approximate surface area is 267 Å². The molecule has 4 rings (SSSR count). The fourth-order valence-corrected chi connectivity index (χ4v) is 4.64. The highest BCUT2D eigenvalue weighted by atomic mass is 16.6. The zero-order valence-corrected chi connectivity index (χ0v) is 26.5. The van der Waals surface area contributed by atoms with Gasteiger partial charge in [0.25, 0.3) is 0 Å². The molecule has 0 radical (unpaired) electrons. The highest BCUT2D eigenvalue weighted by Crippen LogP contribution is 2.29. The maximum atomic E-state index is 13.4. The van der Waals surface area contributed by atoms with E-state index in [1.165, 1.54) is 13.8 Å². The molecule has 0 spiro atoms. The molecule has 3 amide bonds. The summed E-state index contributed by atoms with van der Waals surface area (Å²) in [5.74, 6) is 0.139. The van der Waals surface area contributed by atoms with Gasteiger partial charge in [-0.15, -0.1) is 0 Å². The van der Waals surface area contributed by atoms with Gasteiger partial charge in [-0.1, -0.05) is 42.4 Å². The zero-order valence-electron chi connectivity index (χ0n) is 26.5. The van der Waals surface area contributed by atoms with Crippen LogP contribution in [0.15, 0.2) is 88.8 Å². The van der Waals surface area contributed by atoms with Gasteiger partial charge in [0.1, 0.15) is 35.7 Å². The Hall–Kier alpha value is -5.10. The standard InChI is InChI=1S/C34H39N3O9/c1-6-23(29-19-27(36-46-29)24-12-15-26(16-13-24)45-34(2,3)31(38)39)21-44-33(41)37(20-22-10-8-7-9-11-22)32(40)35-25-14-17-28(42-4)30(18-25)43-5/h7-17,19,23,30H,6,18,20-21H2,1-5H3,(H,35,40)(H,38,39). The Kier molecular flexibility index (Phi) is 11.2. The summed E-state index contributed by atoms with van der Waals surface area (Å²) >= 11 is 0. The van der Waals surface area contributed by atoms with E-state index in [1.54, 1.807) is 56.7 Å². The molecule has 2 unspecified atom stereocenters. The van der Waals surface area contributed by atoms with Crippen molar-refractivity contribution in [3.63, 3.8) is 0 Å². The van der Waals surface area contributed by atoms with Crippen LogP contribution in [0.4, 0.5) is 9.59 Å². The summed E-state index contributed by atoms with van der Waals surface area (Å²) in [5.41, 5.74) is 1.22. The molecule has 46 heavy (non-hydrogen) atoms. The average molecular weight is 634 g/mol. The lowest BCUT2D eigenvalue weighted by molar-refractivity contribution is -0.152. The Bertz CT molecular complexity index is 1560. The topological polar surface area (TPSA) is 150 Å². The maximum absolute atomic E-state index is 13.4. The minimum Gasteiger partial charge on any atom is -0.498 e. The monoisotopic (exact) mass is 633 g/mol. The lowest BCUT2D eigenvalue weighted by atomic mass is 10.0. The van der Waals surface area contributed by atoms with Crippen LogP contribution in [0.2, 0.25) is 0 Å². The molecule has 0 saturated heterocycles. The number of carbonyl (C=O) groups excluding carboxylic acids is 2. The van der Waals surface area contributed by atoms with E-state index in [2.05, 4.69) is 10.5 Å². The first-order valence-corrected chi connectivity index (χ1v) is 14.8. The lowest BCUT2D eigenvalue weighted by Crippen LogP contribution is -2.44. The molecule has 0 fully saturated rings. The van der Waals surface area contributed by atoms with Crippen molar-refractivity contribution in [1.82, 2.24) is 15.4 Å². The summed E-state index contributed by atoms with van der Waals surface area (Å²) in [7, 11) is 3.11. The van der Waals surface area contributed by atoms with Crippen LogP contribution in [0.3, 0.4) is 0 Å². The molecule has 2 N–H and O–H groups in total. The van der Waals surface area contributed by atoms with E-state index < -0.39 is 23.7 Å². The minimum absolute atomic E-state index is 0.00173. The van der Waals surface area contributed by atoms with Crippen molar-refractivity contribution in [2.45, 2.75) is 57.8 Å². The molecule has 244 valence electrons. The molecular weight excluding hydrogens is 594 g/mol. The van der Waals surface area contributed by atoms with E-state index in [1.807, 2.05) is 37.3 Å². The number of hydrogen-bond acceptors (Lipinski definition) is 9. The number of urea groups is 1. The van der Waals surface area contributed by atoms with Gasteiger partial charge in [-0.25, -0.2) is 19.3 Å². The van der Waals surface area contributed by atoms with Crippen molar-refractivity contribution in [3.05, 3.63) is 95.6 Å². The maximum Gasteiger partial charge on any atom is 0.418 e. The number of rotatable bonds is 13. The number of carboxylic acids is 1. The van der Waals surface area contributed by atoms with Crippen LogP contribution < -0.4 is 10.1 Å². The Morgan fingerprint density at radius 2 is 1.80 bits per heavy atom. The summed E-state index contributed by atoms with van der Waals surface area (Å²) in [5, 5.41) is 16.3. The number of aromatic nitrogens is 1. The van der Waals surface area contributed by atoms with E-state index in [-0.39, 0.29) is 25.2 Å². The molecule has 0 bridgehead atoms. The predicted molar refractivity (Wildman–Crippen MR) is 168 cm³/mol. The number of hydrogen-bond donors (Lipinski definition) is 2. The van der Waals surface area contributed by atoms with Crippen LogP contribution in [0.5, 0.6) is 5.75 Å². The van der Waals surface area contributed by atoms with E-state index in [0.29, 0.717) is 41.5 Å². The van der Waals surface area contributed by atoms with Crippen molar-refractivity contribution in [3.8, 4) is 17.0 Å². The number of amides is 3. The van der Waals surface area contributed by atoms with Crippen molar-refractivity contribution in [1.29, 1.82) is 0 Å². The molecule has 2 atom stereocenters.